The number of rotatable bonds is 0. The number of hydrogen-bond donors (Lipinski definition) is 10. The molecule has 13 rings (SSSR count). The second-order valence-electron chi connectivity index (χ2n) is 25.9. The lowest BCUT2D eigenvalue weighted by atomic mass is 9.88. The number of aromatic hydroxyl groups is 10. The van der Waals surface area contributed by atoms with E-state index in [4.69, 9.17) is 0 Å². The van der Waals surface area contributed by atoms with Crippen LogP contribution in [0.15, 0.2) is 121 Å². The van der Waals surface area contributed by atoms with Crippen molar-refractivity contribution in [2.24, 2.45) is 0 Å². The number of phenols is 10. The van der Waals surface area contributed by atoms with E-state index in [1.807, 2.05) is 114 Å². The molecule has 10 heteroatoms. The van der Waals surface area contributed by atoms with E-state index in [1.54, 1.807) is 48.5 Å². The Labute approximate surface area is 547 Å². The van der Waals surface area contributed by atoms with Gasteiger partial charge in [0.25, 0.3) is 0 Å². The van der Waals surface area contributed by atoms with Crippen LogP contribution in [0.25, 0.3) is 0 Å². The molecule has 94 heavy (non-hydrogen) atoms. The predicted molar refractivity (Wildman–Crippen MR) is 365 cm³/mol. The molecule has 0 atom stereocenters. The van der Waals surface area contributed by atoms with E-state index in [0.717, 1.165) is 33.4 Å². The Balaban J connectivity index is 1.04. The summed E-state index contributed by atoms with van der Waals surface area (Å²) in [5, 5.41) is 123. The average Bonchev–Trinajstić information content (AvgIpc) is 0.816. The van der Waals surface area contributed by atoms with E-state index in [9.17, 15) is 51.1 Å². The zero-order valence-corrected chi connectivity index (χ0v) is 53.1. The molecule has 10 N–H and O–H groups in total. The Morgan fingerprint density at radius 1 is 0.170 bits per heavy atom. The van der Waals surface area contributed by atoms with Gasteiger partial charge in [0.05, 0.1) is 0 Å². The van der Waals surface area contributed by atoms with Gasteiger partial charge >= 0.3 is 0 Å². The van der Waals surface area contributed by atoms with Gasteiger partial charge in [0, 0.05) is 86.5 Å². The molecule has 0 fully saturated rings. The van der Waals surface area contributed by atoms with Crippen molar-refractivity contribution in [3.63, 3.8) is 0 Å². The lowest BCUT2D eigenvalue weighted by Crippen LogP contribution is -2.03. The fourth-order valence-electron chi connectivity index (χ4n) is 14.1. The van der Waals surface area contributed by atoms with Crippen molar-refractivity contribution in [1.29, 1.82) is 0 Å². The summed E-state index contributed by atoms with van der Waals surface area (Å²) in [4.78, 5) is 0. The molecule has 0 heterocycles. The lowest BCUT2D eigenvalue weighted by molar-refractivity contribution is 0.448. The van der Waals surface area contributed by atoms with Gasteiger partial charge in [-0.25, -0.2) is 0 Å². The summed E-state index contributed by atoms with van der Waals surface area (Å²) in [6.45, 7) is 11.6. The van der Waals surface area contributed by atoms with Crippen LogP contribution in [0.3, 0.4) is 0 Å². The van der Waals surface area contributed by atoms with Crippen molar-refractivity contribution in [3.8, 4) is 105 Å². The minimum Gasteiger partial charge on any atom is -0.507 e. The van der Waals surface area contributed by atoms with E-state index in [1.165, 1.54) is 0 Å². The Morgan fingerprint density at radius 3 is 0.372 bits per heavy atom. The topological polar surface area (TPSA) is 202 Å². The molecule has 0 spiro atoms. The van der Waals surface area contributed by atoms with Gasteiger partial charge in [-0.15, -0.1) is 0 Å². The van der Waals surface area contributed by atoms with Crippen molar-refractivity contribution in [2.45, 2.75) is 106 Å². The Bertz CT molecular complexity index is 4550. The van der Waals surface area contributed by atoms with Crippen LogP contribution >= 0.6 is 0 Å². The maximum absolute atomic E-state index is 12.5. The highest BCUT2D eigenvalue weighted by atomic mass is 16.3. The number of aryl methyl sites for hydroxylation is 6. The molecule has 0 saturated carbocycles. The van der Waals surface area contributed by atoms with Crippen LogP contribution in [0.2, 0.25) is 0 Å². The summed E-state index contributed by atoms with van der Waals surface area (Å²) < 4.78 is 0. The summed E-state index contributed by atoms with van der Waals surface area (Å²) >= 11 is 0. The summed E-state index contributed by atoms with van der Waals surface area (Å²) in [5.41, 5.74) is 17.1. The minimum absolute atomic E-state index is 0.00118. The monoisotopic (exact) mass is 1240 g/mol. The highest BCUT2D eigenvalue weighted by molar-refractivity contribution is 5.64. The van der Waals surface area contributed by atoms with Crippen molar-refractivity contribution < 1.29 is 51.1 Å². The van der Waals surface area contributed by atoms with Gasteiger partial charge in [0.1, 0.15) is 57.5 Å². The third kappa shape index (κ3) is 12.4. The summed E-state index contributed by atoms with van der Waals surface area (Å²) in [5.74, 6) is 24.7. The second-order valence-corrected chi connectivity index (χ2v) is 25.9. The zero-order valence-electron chi connectivity index (χ0n) is 53.1. The highest BCUT2D eigenvalue weighted by Crippen LogP contribution is 2.43. The molecule has 3 aliphatic rings. The van der Waals surface area contributed by atoms with E-state index < -0.39 is 0 Å². The Morgan fingerprint density at radius 2 is 0.266 bits per heavy atom. The first kappa shape index (κ1) is 61.3. The van der Waals surface area contributed by atoms with Crippen LogP contribution in [0.4, 0.5) is 0 Å². The fraction of sp³-hybridized carbons (Fsp3) is 0.190. The smallest absolute Gasteiger partial charge is 0.122 e. The van der Waals surface area contributed by atoms with Crippen molar-refractivity contribution >= 4 is 0 Å². The summed E-state index contributed by atoms with van der Waals surface area (Å²) in [7, 11) is 0. The molecule has 0 unspecified atom stereocenters. The standard InChI is InChI=1S/C84H68O10/c1-45-15-55-35-59-19-47(3)23-63(77(59)87)39-67-27-51-11-7-9-13-53-29-69-41-65-25-49(5)21-61(79(65)89)37-57-17-46(2)18-58(76(57)86)38-62-22-50(6)26-66(80(62)90)42-70-30-54(34-74(84(70)94)44-73(33-53)83(69)93)14-10-8-12-52-28-68(82(92)72(32-52)43-71(31-51)81(67)91)40-64-24-48(4)20-60(78(64)88)36-56(16-45)75(55)85/h15-34,85-94H,35-44H2,1-6H3. The van der Waals surface area contributed by atoms with E-state index >= 15 is 0 Å². The molecule has 0 saturated heterocycles. The summed E-state index contributed by atoms with van der Waals surface area (Å²) in [6, 6.07) is 36.5. The Hall–Kier alpha value is -11.6. The first-order valence-corrected chi connectivity index (χ1v) is 31.4. The first-order chi connectivity index (χ1) is 45.0. The second kappa shape index (κ2) is 24.6. The molecular weight excluding hydrogens is 1170 g/mol. The fourth-order valence-corrected chi connectivity index (χ4v) is 14.1. The largest absolute Gasteiger partial charge is 0.507 e. The van der Waals surface area contributed by atoms with Gasteiger partial charge in [-0.2, -0.15) is 0 Å². The minimum atomic E-state index is -0.0829. The van der Waals surface area contributed by atoms with Gasteiger partial charge in [0.2, 0.25) is 0 Å². The predicted octanol–water partition coefficient (Wildman–Crippen LogP) is 14.2. The van der Waals surface area contributed by atoms with Crippen molar-refractivity contribution in [2.75, 3.05) is 0 Å². The Kier molecular flexibility index (Phi) is 16.0. The lowest BCUT2D eigenvalue weighted by Gasteiger charge is -2.19. The maximum atomic E-state index is 12.5. The van der Waals surface area contributed by atoms with Crippen LogP contribution in [-0.4, -0.2) is 51.1 Å². The zero-order chi connectivity index (χ0) is 66.0. The molecule has 24 bridgehead atoms. The van der Waals surface area contributed by atoms with Gasteiger partial charge in [-0.05, 0) is 225 Å². The number of hydrogen-bond acceptors (Lipinski definition) is 10. The van der Waals surface area contributed by atoms with Crippen LogP contribution in [0.5, 0.6) is 57.5 Å². The quantitative estimate of drug-likeness (QED) is 0.0651. The molecule has 0 aromatic heterocycles. The van der Waals surface area contributed by atoms with Crippen LogP contribution in [-0.2, 0) is 64.2 Å². The molecule has 0 radical (unpaired) electrons. The van der Waals surface area contributed by atoms with Gasteiger partial charge in [-0.1, -0.05) is 130 Å². The van der Waals surface area contributed by atoms with E-state index in [0.29, 0.717) is 134 Å². The summed E-state index contributed by atoms with van der Waals surface area (Å²) in [6.07, 6.45) is 1.03. The highest BCUT2D eigenvalue weighted by Gasteiger charge is 2.25. The molecule has 0 aliphatic heterocycles. The molecule has 0 amide bonds. The molecule has 10 aromatic rings. The molecule has 3 aliphatic carbocycles. The van der Waals surface area contributed by atoms with Gasteiger partial charge < -0.3 is 51.1 Å². The number of benzene rings is 10. The van der Waals surface area contributed by atoms with E-state index in [2.05, 4.69) is 47.4 Å². The molecule has 10 nitrogen and oxygen atoms in total. The van der Waals surface area contributed by atoms with Crippen molar-refractivity contribution in [1.82, 2.24) is 0 Å². The van der Waals surface area contributed by atoms with Crippen LogP contribution < -0.4 is 0 Å². The van der Waals surface area contributed by atoms with Gasteiger partial charge in [-0.3, -0.25) is 0 Å². The van der Waals surface area contributed by atoms with Crippen molar-refractivity contribution in [3.05, 3.63) is 288 Å². The SMILES string of the molecule is Cc1cc2c(O)c(c1)Cc1cc(C)cc(c1O)Cc1cc3cc(c1O)Cc1cc(cc(c1O)Cc1cc(C)cc(c1O)C2)C#CC#Cc1cc2c(O)c(c1)Cc1cc(cc(c1O)Cc1cc(C)cc(c1O)Cc1cc(C)cc(c1O)Cc1cc(C)cc(c1O)C2)C#CC#C3. The van der Waals surface area contributed by atoms with Crippen LogP contribution in [0.1, 0.15) is 167 Å². The third-order valence-corrected chi connectivity index (χ3v) is 18.3. The third-order valence-electron chi connectivity index (χ3n) is 18.3. The molecule has 464 valence electrons. The van der Waals surface area contributed by atoms with Gasteiger partial charge in [0.15, 0.2) is 0 Å². The maximum Gasteiger partial charge on any atom is 0.122 e. The molecular formula is C84H68O10. The van der Waals surface area contributed by atoms with Crippen LogP contribution in [0, 0.1) is 88.9 Å². The number of fused-ring (bicyclic) bond motifs is 20. The number of phenolic OH excluding ortho intramolecular Hbond substituents is 10. The van der Waals surface area contributed by atoms with E-state index in [-0.39, 0.29) is 122 Å². The average molecular weight is 1240 g/mol. The normalized spacial score (nSPS) is 13.0. The first-order valence-electron chi connectivity index (χ1n) is 31.4. The molecule has 10 aromatic carbocycles.